The molecular formula is C11H12ClN3O2. The van der Waals surface area contributed by atoms with Crippen LogP contribution in [0.15, 0.2) is 12.1 Å². The smallest absolute Gasteiger partial charge is 0.412 e. The third kappa shape index (κ3) is 1.93. The molecular weight excluding hydrogens is 242 g/mol. The van der Waals surface area contributed by atoms with Gasteiger partial charge in [0.1, 0.15) is 0 Å². The average Bonchev–Trinajstić information content (AvgIpc) is 2.62. The summed E-state index contributed by atoms with van der Waals surface area (Å²) in [5.74, 6) is 0.406. The molecule has 17 heavy (non-hydrogen) atoms. The molecule has 0 aliphatic rings. The number of hydrogen-bond acceptors (Lipinski definition) is 3. The Morgan fingerprint density at radius 3 is 2.88 bits per heavy atom. The summed E-state index contributed by atoms with van der Waals surface area (Å²) in [4.78, 5) is 11.2. The second-order valence-corrected chi connectivity index (χ2v) is 4.08. The number of hydrogen-bond donors (Lipinski definition) is 1. The zero-order chi connectivity index (χ0) is 12.6. The first kappa shape index (κ1) is 11.7. The van der Waals surface area contributed by atoms with Crippen molar-refractivity contribution in [2.45, 2.75) is 6.92 Å². The summed E-state index contributed by atoms with van der Waals surface area (Å²) in [7, 11) is 3.10. The molecule has 0 aliphatic heterocycles. The van der Waals surface area contributed by atoms with E-state index in [-0.39, 0.29) is 0 Å². The van der Waals surface area contributed by atoms with Gasteiger partial charge in [0.25, 0.3) is 0 Å². The van der Waals surface area contributed by atoms with Crippen LogP contribution in [0.1, 0.15) is 5.56 Å². The lowest BCUT2D eigenvalue weighted by Gasteiger charge is -2.02. The maximum Gasteiger partial charge on any atom is 0.412 e. The molecule has 0 atom stereocenters. The fraction of sp³-hybridized carbons (Fsp3) is 0.273. The molecule has 1 aromatic carbocycles. The number of amides is 1. The van der Waals surface area contributed by atoms with Crippen molar-refractivity contribution >= 4 is 34.4 Å². The van der Waals surface area contributed by atoms with Crippen LogP contribution in [0.2, 0.25) is 5.02 Å². The Kier molecular flexibility index (Phi) is 2.93. The van der Waals surface area contributed by atoms with Gasteiger partial charge in [-0.3, -0.25) is 10.00 Å². The lowest BCUT2D eigenvalue weighted by molar-refractivity contribution is 0.187. The molecule has 2 rings (SSSR count). The molecule has 1 aromatic heterocycles. The highest BCUT2D eigenvalue weighted by atomic mass is 35.5. The summed E-state index contributed by atoms with van der Waals surface area (Å²) in [6.45, 7) is 1.96. The number of aryl methyl sites for hydroxylation is 2. The number of rotatable bonds is 1. The van der Waals surface area contributed by atoms with E-state index in [0.717, 1.165) is 16.5 Å². The number of fused-ring (bicyclic) bond motifs is 1. The van der Waals surface area contributed by atoms with Crippen molar-refractivity contribution in [3.63, 3.8) is 0 Å². The Labute approximate surface area is 103 Å². The van der Waals surface area contributed by atoms with Crippen LogP contribution < -0.4 is 5.32 Å². The van der Waals surface area contributed by atoms with E-state index in [4.69, 9.17) is 11.6 Å². The Morgan fingerprint density at radius 2 is 2.24 bits per heavy atom. The standard InChI is InChI=1S/C11H12ClN3O2/c1-6-4-5-7(12)8-9(6)15(2)14-10(8)13-11(16)17-3/h4-5H,1-3H3,(H,13,14,16). The van der Waals surface area contributed by atoms with Crippen molar-refractivity contribution in [2.24, 2.45) is 7.05 Å². The lowest BCUT2D eigenvalue weighted by Crippen LogP contribution is -2.11. The van der Waals surface area contributed by atoms with E-state index >= 15 is 0 Å². The first-order chi connectivity index (χ1) is 8.04. The normalized spacial score (nSPS) is 10.6. The van der Waals surface area contributed by atoms with E-state index in [1.807, 2.05) is 13.0 Å². The molecule has 6 heteroatoms. The Bertz CT molecular complexity index is 592. The Hall–Kier alpha value is -1.75. The third-order valence-electron chi connectivity index (χ3n) is 2.55. The largest absolute Gasteiger partial charge is 0.453 e. The topological polar surface area (TPSA) is 56.1 Å². The van der Waals surface area contributed by atoms with E-state index < -0.39 is 6.09 Å². The van der Waals surface area contributed by atoms with Gasteiger partial charge in [-0.1, -0.05) is 17.7 Å². The number of carbonyl (C=O) groups excluding carboxylic acids is 1. The van der Waals surface area contributed by atoms with E-state index in [2.05, 4.69) is 15.2 Å². The van der Waals surface area contributed by atoms with Gasteiger partial charge in [-0.2, -0.15) is 5.10 Å². The van der Waals surface area contributed by atoms with Crippen molar-refractivity contribution < 1.29 is 9.53 Å². The van der Waals surface area contributed by atoms with Gasteiger partial charge in [0.05, 0.1) is 23.0 Å². The van der Waals surface area contributed by atoms with Crippen LogP contribution in [0.5, 0.6) is 0 Å². The van der Waals surface area contributed by atoms with Crippen molar-refractivity contribution in [3.05, 3.63) is 22.7 Å². The minimum absolute atomic E-state index is 0.406. The third-order valence-corrected chi connectivity index (χ3v) is 2.86. The van der Waals surface area contributed by atoms with E-state index in [1.54, 1.807) is 17.8 Å². The molecule has 0 saturated carbocycles. The fourth-order valence-corrected chi connectivity index (χ4v) is 2.04. The molecule has 0 unspecified atom stereocenters. The van der Waals surface area contributed by atoms with E-state index in [9.17, 15) is 4.79 Å². The predicted molar refractivity (Wildman–Crippen MR) is 66.5 cm³/mol. The molecule has 2 aromatic rings. The van der Waals surface area contributed by atoms with Gasteiger partial charge >= 0.3 is 6.09 Å². The summed E-state index contributed by atoms with van der Waals surface area (Å²) in [5, 5.41) is 8.03. The summed E-state index contributed by atoms with van der Waals surface area (Å²) in [6.07, 6.45) is -0.567. The van der Waals surface area contributed by atoms with E-state index in [0.29, 0.717) is 10.8 Å². The zero-order valence-electron chi connectivity index (χ0n) is 9.74. The number of benzene rings is 1. The Balaban J connectivity index is 2.65. The van der Waals surface area contributed by atoms with Crippen molar-refractivity contribution in [2.75, 3.05) is 12.4 Å². The molecule has 0 radical (unpaired) electrons. The van der Waals surface area contributed by atoms with Crippen LogP contribution in [-0.2, 0) is 11.8 Å². The van der Waals surface area contributed by atoms with Gasteiger partial charge in [-0.05, 0) is 18.6 Å². The van der Waals surface area contributed by atoms with Crippen molar-refractivity contribution in [3.8, 4) is 0 Å². The molecule has 1 N–H and O–H groups in total. The maximum atomic E-state index is 11.2. The SMILES string of the molecule is COC(=O)Nc1nn(C)c2c(C)ccc(Cl)c12. The van der Waals surface area contributed by atoms with Crippen LogP contribution in [0.4, 0.5) is 10.6 Å². The molecule has 0 aliphatic carbocycles. The number of aromatic nitrogens is 2. The van der Waals surface area contributed by atoms with Crippen LogP contribution in [0.25, 0.3) is 10.9 Å². The molecule has 0 bridgehead atoms. The summed E-state index contributed by atoms with van der Waals surface area (Å²) >= 11 is 6.13. The second-order valence-electron chi connectivity index (χ2n) is 3.68. The zero-order valence-corrected chi connectivity index (χ0v) is 10.5. The maximum absolute atomic E-state index is 11.2. The van der Waals surface area contributed by atoms with Crippen LogP contribution in [-0.4, -0.2) is 23.0 Å². The minimum Gasteiger partial charge on any atom is -0.453 e. The van der Waals surface area contributed by atoms with Gasteiger partial charge in [0.2, 0.25) is 0 Å². The monoisotopic (exact) mass is 253 g/mol. The summed E-state index contributed by atoms with van der Waals surface area (Å²) < 4.78 is 6.22. The highest BCUT2D eigenvalue weighted by Crippen LogP contribution is 2.31. The predicted octanol–water partition coefficient (Wildman–Crippen LogP) is 2.71. The number of nitrogens with one attached hydrogen (secondary N) is 1. The summed E-state index contributed by atoms with van der Waals surface area (Å²) in [5.41, 5.74) is 1.93. The summed E-state index contributed by atoms with van der Waals surface area (Å²) in [6, 6.07) is 3.69. The minimum atomic E-state index is -0.567. The molecule has 90 valence electrons. The van der Waals surface area contributed by atoms with Gasteiger partial charge in [-0.15, -0.1) is 0 Å². The van der Waals surface area contributed by atoms with Crippen LogP contribution in [0, 0.1) is 6.92 Å². The molecule has 5 nitrogen and oxygen atoms in total. The molecule has 1 heterocycles. The van der Waals surface area contributed by atoms with Crippen molar-refractivity contribution in [1.82, 2.24) is 9.78 Å². The number of halogens is 1. The quantitative estimate of drug-likeness (QED) is 0.850. The first-order valence-electron chi connectivity index (χ1n) is 5.01. The lowest BCUT2D eigenvalue weighted by atomic mass is 10.1. The first-order valence-corrected chi connectivity index (χ1v) is 5.39. The van der Waals surface area contributed by atoms with Crippen LogP contribution >= 0.6 is 11.6 Å². The van der Waals surface area contributed by atoms with Gasteiger partial charge < -0.3 is 4.74 Å². The van der Waals surface area contributed by atoms with E-state index in [1.165, 1.54) is 7.11 Å². The molecule has 1 amide bonds. The number of carbonyl (C=O) groups is 1. The number of anilines is 1. The van der Waals surface area contributed by atoms with Gasteiger partial charge in [0.15, 0.2) is 5.82 Å². The number of nitrogens with zero attached hydrogens (tertiary/aromatic N) is 2. The number of ether oxygens (including phenoxy) is 1. The molecule has 0 spiro atoms. The average molecular weight is 254 g/mol. The van der Waals surface area contributed by atoms with Gasteiger partial charge in [-0.25, -0.2) is 4.79 Å². The highest BCUT2D eigenvalue weighted by molar-refractivity contribution is 6.36. The van der Waals surface area contributed by atoms with Gasteiger partial charge in [0, 0.05) is 7.05 Å². The van der Waals surface area contributed by atoms with Crippen molar-refractivity contribution in [1.29, 1.82) is 0 Å². The molecule has 0 fully saturated rings. The second kappa shape index (κ2) is 4.25. The fourth-order valence-electron chi connectivity index (χ4n) is 1.80. The van der Waals surface area contributed by atoms with Crippen LogP contribution in [0.3, 0.4) is 0 Å². The number of methoxy groups -OCH3 is 1. The molecule has 0 saturated heterocycles. The Morgan fingerprint density at radius 1 is 1.53 bits per heavy atom. The highest BCUT2D eigenvalue weighted by Gasteiger charge is 2.15.